The number of hydrogen-bond acceptors (Lipinski definition) is 7. The third kappa shape index (κ3) is 3.72. The molecule has 1 saturated carbocycles. The molecule has 9 nitrogen and oxygen atoms in total. The maximum atomic E-state index is 11.7. The van der Waals surface area contributed by atoms with Crippen LogP contribution in [0.4, 0.5) is 5.95 Å². The molecule has 1 aliphatic heterocycles. The highest BCUT2D eigenvalue weighted by Gasteiger charge is 2.35. The predicted molar refractivity (Wildman–Crippen MR) is 113 cm³/mol. The van der Waals surface area contributed by atoms with Crippen molar-refractivity contribution in [3.63, 3.8) is 0 Å². The number of nitrogens with one attached hydrogen (secondary N) is 1. The van der Waals surface area contributed by atoms with Gasteiger partial charge in [0.1, 0.15) is 0 Å². The largest absolute Gasteiger partial charge is 0.394 e. The summed E-state index contributed by atoms with van der Waals surface area (Å²) in [6, 6.07) is 0.157. The Labute approximate surface area is 176 Å². The van der Waals surface area contributed by atoms with Crippen LogP contribution < -0.4 is 5.32 Å². The fourth-order valence-corrected chi connectivity index (χ4v) is 5.51. The predicted octanol–water partition coefficient (Wildman–Crippen LogP) is 1.14. The molecule has 2 aromatic rings. The number of aliphatic hydroxyl groups is 1. The minimum atomic E-state index is -3.13. The average molecular weight is 433 g/mol. The molecule has 0 radical (unpaired) electrons. The third-order valence-corrected chi connectivity index (χ3v) is 7.63. The first-order valence-corrected chi connectivity index (χ1v) is 12.6. The Bertz CT molecular complexity index is 1050. The van der Waals surface area contributed by atoms with Gasteiger partial charge >= 0.3 is 0 Å². The number of aliphatic hydroxyl groups excluding tert-OH is 1. The second-order valence-electron chi connectivity index (χ2n) is 8.58. The number of aromatic nitrogens is 4. The molecular formula is C20H28N6O3S. The van der Waals surface area contributed by atoms with Crippen LogP contribution in [0.25, 0.3) is 11.3 Å². The molecule has 0 atom stereocenters. The van der Waals surface area contributed by atoms with Crippen LogP contribution in [0.2, 0.25) is 0 Å². The van der Waals surface area contributed by atoms with Gasteiger partial charge in [0.05, 0.1) is 36.5 Å². The molecule has 0 amide bonds. The highest BCUT2D eigenvalue weighted by Crippen LogP contribution is 2.47. The van der Waals surface area contributed by atoms with E-state index in [0.717, 1.165) is 61.0 Å². The number of anilines is 1. The van der Waals surface area contributed by atoms with Crippen LogP contribution in [0.1, 0.15) is 48.6 Å². The van der Waals surface area contributed by atoms with E-state index in [-0.39, 0.29) is 12.6 Å². The Balaban J connectivity index is 1.40. The highest BCUT2D eigenvalue weighted by molar-refractivity contribution is 7.88. The topological polar surface area (TPSA) is 113 Å². The second kappa shape index (κ2) is 7.58. The number of rotatable bonds is 6. The number of aryl methyl sites for hydroxylation is 2. The van der Waals surface area contributed by atoms with E-state index in [1.165, 1.54) is 16.3 Å². The summed E-state index contributed by atoms with van der Waals surface area (Å²) in [5.41, 5.74) is 5.54. The van der Waals surface area contributed by atoms with E-state index in [0.29, 0.717) is 31.5 Å². The molecule has 3 heterocycles. The summed E-state index contributed by atoms with van der Waals surface area (Å²) in [4.78, 5) is 9.43. The molecule has 2 N–H and O–H groups in total. The summed E-state index contributed by atoms with van der Waals surface area (Å²) in [5, 5.41) is 17.7. The van der Waals surface area contributed by atoms with Gasteiger partial charge in [-0.25, -0.2) is 22.7 Å². The SMILES string of the molecule is CS(=O)(=O)N1CCC(Nc2ncc3c(n2)-c2c(nn(CCO)c2C2CC2)CC3)CC1. The summed E-state index contributed by atoms with van der Waals surface area (Å²) < 4.78 is 27.0. The van der Waals surface area contributed by atoms with E-state index >= 15 is 0 Å². The van der Waals surface area contributed by atoms with E-state index in [2.05, 4.69) is 10.3 Å². The Hall–Kier alpha value is -2.04. The normalized spacial score (nSPS) is 20.1. The van der Waals surface area contributed by atoms with Crippen LogP contribution in [0.3, 0.4) is 0 Å². The molecule has 2 aliphatic carbocycles. The van der Waals surface area contributed by atoms with Gasteiger partial charge in [-0.2, -0.15) is 5.10 Å². The molecule has 5 rings (SSSR count). The van der Waals surface area contributed by atoms with Gasteiger partial charge in [-0.05, 0) is 44.1 Å². The lowest BCUT2D eigenvalue weighted by Crippen LogP contribution is -2.42. The molecule has 10 heteroatoms. The minimum Gasteiger partial charge on any atom is -0.394 e. The third-order valence-electron chi connectivity index (χ3n) is 6.33. The number of nitrogens with zero attached hydrogens (tertiary/aromatic N) is 5. The van der Waals surface area contributed by atoms with E-state index in [1.54, 1.807) is 0 Å². The van der Waals surface area contributed by atoms with Gasteiger partial charge in [0.2, 0.25) is 16.0 Å². The molecule has 2 aromatic heterocycles. The fraction of sp³-hybridized carbons (Fsp3) is 0.650. The Morgan fingerprint density at radius 2 is 1.97 bits per heavy atom. The minimum absolute atomic E-state index is 0.0793. The summed E-state index contributed by atoms with van der Waals surface area (Å²) in [6.07, 6.45) is 8.72. The number of sulfonamides is 1. The van der Waals surface area contributed by atoms with Crippen molar-refractivity contribution in [3.8, 4) is 11.3 Å². The first-order valence-electron chi connectivity index (χ1n) is 10.7. The lowest BCUT2D eigenvalue weighted by molar-refractivity contribution is 0.267. The van der Waals surface area contributed by atoms with Gasteiger partial charge in [0.15, 0.2) is 0 Å². The zero-order valence-corrected chi connectivity index (χ0v) is 18.0. The molecule has 162 valence electrons. The van der Waals surface area contributed by atoms with Crippen LogP contribution in [-0.4, -0.2) is 69.6 Å². The zero-order chi connectivity index (χ0) is 20.9. The quantitative estimate of drug-likeness (QED) is 0.704. The fourth-order valence-electron chi connectivity index (χ4n) is 4.64. The van der Waals surface area contributed by atoms with Crippen molar-refractivity contribution in [1.29, 1.82) is 0 Å². The van der Waals surface area contributed by atoms with Crippen molar-refractivity contribution >= 4 is 16.0 Å². The molecule has 3 aliphatic rings. The Morgan fingerprint density at radius 3 is 2.63 bits per heavy atom. The summed E-state index contributed by atoms with van der Waals surface area (Å²) >= 11 is 0. The van der Waals surface area contributed by atoms with Crippen molar-refractivity contribution in [2.24, 2.45) is 0 Å². The van der Waals surface area contributed by atoms with Crippen LogP contribution in [0, 0.1) is 0 Å². The number of piperidine rings is 1. The van der Waals surface area contributed by atoms with Crippen molar-refractivity contribution in [2.45, 2.75) is 57.0 Å². The van der Waals surface area contributed by atoms with Gasteiger partial charge in [0, 0.05) is 36.8 Å². The molecule has 0 unspecified atom stereocenters. The first kappa shape index (κ1) is 19.9. The zero-order valence-electron chi connectivity index (χ0n) is 17.2. The molecule has 2 fully saturated rings. The van der Waals surface area contributed by atoms with Crippen molar-refractivity contribution in [3.05, 3.63) is 23.1 Å². The van der Waals surface area contributed by atoms with Gasteiger partial charge in [0.25, 0.3) is 0 Å². The van der Waals surface area contributed by atoms with Gasteiger partial charge in [-0.3, -0.25) is 4.68 Å². The second-order valence-corrected chi connectivity index (χ2v) is 10.6. The average Bonchev–Trinajstić information content (AvgIpc) is 3.48. The lowest BCUT2D eigenvalue weighted by atomic mass is 9.92. The Kier molecular flexibility index (Phi) is 5.03. The van der Waals surface area contributed by atoms with E-state index in [1.807, 2.05) is 10.9 Å². The van der Waals surface area contributed by atoms with E-state index in [4.69, 9.17) is 10.1 Å². The smallest absolute Gasteiger partial charge is 0.223 e. The molecule has 0 bridgehead atoms. The summed E-state index contributed by atoms with van der Waals surface area (Å²) in [6.45, 7) is 1.63. The van der Waals surface area contributed by atoms with Crippen molar-refractivity contribution in [1.82, 2.24) is 24.1 Å². The van der Waals surface area contributed by atoms with Crippen LogP contribution in [-0.2, 0) is 29.4 Å². The monoisotopic (exact) mass is 432 g/mol. The molecule has 1 saturated heterocycles. The maximum Gasteiger partial charge on any atom is 0.223 e. The first-order chi connectivity index (χ1) is 14.4. The van der Waals surface area contributed by atoms with Gasteiger partial charge < -0.3 is 10.4 Å². The van der Waals surface area contributed by atoms with Crippen LogP contribution >= 0.6 is 0 Å². The van der Waals surface area contributed by atoms with Gasteiger partial charge in [-0.15, -0.1) is 0 Å². The van der Waals surface area contributed by atoms with E-state index < -0.39 is 10.0 Å². The molecule has 0 aromatic carbocycles. The Morgan fingerprint density at radius 1 is 1.20 bits per heavy atom. The summed E-state index contributed by atoms with van der Waals surface area (Å²) in [7, 11) is -3.13. The standard InChI is InChI=1S/C20H28N6O3S/c1-30(28,29)25-8-6-15(7-9-25)22-20-21-12-14-4-5-16-17(18(14)23-20)19(13-2-3-13)26(24-16)10-11-27/h12-13,15,27H,2-11H2,1H3,(H,21,22,23). The summed E-state index contributed by atoms with van der Waals surface area (Å²) in [5.74, 6) is 1.10. The van der Waals surface area contributed by atoms with Crippen molar-refractivity contribution < 1.29 is 13.5 Å². The maximum absolute atomic E-state index is 11.7. The number of hydrogen-bond donors (Lipinski definition) is 2. The number of fused-ring (bicyclic) bond motifs is 3. The highest BCUT2D eigenvalue weighted by atomic mass is 32.2. The van der Waals surface area contributed by atoms with Crippen LogP contribution in [0.15, 0.2) is 6.20 Å². The molecule has 0 spiro atoms. The van der Waals surface area contributed by atoms with Crippen molar-refractivity contribution in [2.75, 3.05) is 31.3 Å². The van der Waals surface area contributed by atoms with Gasteiger partial charge in [-0.1, -0.05) is 0 Å². The lowest BCUT2D eigenvalue weighted by Gasteiger charge is -2.30. The van der Waals surface area contributed by atoms with Crippen LogP contribution in [0.5, 0.6) is 0 Å². The van der Waals surface area contributed by atoms with E-state index in [9.17, 15) is 13.5 Å². The molecule has 30 heavy (non-hydrogen) atoms. The molecular weight excluding hydrogens is 404 g/mol.